The predicted molar refractivity (Wildman–Crippen MR) is 80.5 cm³/mol. The predicted octanol–water partition coefficient (Wildman–Crippen LogP) is 3.00. The quantitative estimate of drug-likeness (QED) is 0.900. The number of benzene rings is 1. The SMILES string of the molecule is Cc1ccccc1CC(C)NC(=O)c1sccc1N. The van der Waals surface area contributed by atoms with Gasteiger partial charge in [0.1, 0.15) is 4.88 Å². The van der Waals surface area contributed by atoms with Crippen LogP contribution in [0.15, 0.2) is 35.7 Å². The minimum Gasteiger partial charge on any atom is -0.397 e. The van der Waals surface area contributed by atoms with Crippen LogP contribution < -0.4 is 11.1 Å². The van der Waals surface area contributed by atoms with Crippen molar-refractivity contribution in [3.8, 4) is 0 Å². The molecule has 1 aromatic carbocycles. The molecule has 4 heteroatoms. The fourth-order valence-electron chi connectivity index (χ4n) is 2.01. The van der Waals surface area contributed by atoms with Gasteiger partial charge in [-0.25, -0.2) is 0 Å². The van der Waals surface area contributed by atoms with Crippen molar-refractivity contribution in [2.24, 2.45) is 0 Å². The van der Waals surface area contributed by atoms with Gasteiger partial charge >= 0.3 is 0 Å². The Morgan fingerprint density at radius 3 is 2.74 bits per heavy atom. The number of nitrogens with one attached hydrogen (secondary N) is 1. The van der Waals surface area contributed by atoms with Gasteiger partial charge in [-0.1, -0.05) is 24.3 Å². The summed E-state index contributed by atoms with van der Waals surface area (Å²) in [6.45, 7) is 4.09. The lowest BCUT2D eigenvalue weighted by atomic mass is 10.0. The Hall–Kier alpha value is -1.81. The second-order valence-corrected chi connectivity index (χ2v) is 5.63. The van der Waals surface area contributed by atoms with Crippen molar-refractivity contribution < 1.29 is 4.79 Å². The highest BCUT2D eigenvalue weighted by Gasteiger charge is 2.14. The Morgan fingerprint density at radius 2 is 2.11 bits per heavy atom. The van der Waals surface area contributed by atoms with Gasteiger partial charge in [0.15, 0.2) is 0 Å². The maximum Gasteiger partial charge on any atom is 0.263 e. The number of hydrogen-bond donors (Lipinski definition) is 2. The summed E-state index contributed by atoms with van der Waals surface area (Å²) < 4.78 is 0. The summed E-state index contributed by atoms with van der Waals surface area (Å²) in [5.41, 5.74) is 8.80. The minimum atomic E-state index is -0.0893. The highest BCUT2D eigenvalue weighted by Crippen LogP contribution is 2.19. The molecule has 0 aliphatic heterocycles. The standard InChI is InChI=1S/C15H18N2OS/c1-10-5-3-4-6-12(10)9-11(2)17-15(18)14-13(16)7-8-19-14/h3-8,11H,9,16H2,1-2H3,(H,17,18). The third-order valence-electron chi connectivity index (χ3n) is 3.07. The van der Waals surface area contributed by atoms with Gasteiger partial charge in [0.05, 0.1) is 5.69 Å². The molecule has 19 heavy (non-hydrogen) atoms. The van der Waals surface area contributed by atoms with E-state index < -0.39 is 0 Å². The zero-order valence-corrected chi connectivity index (χ0v) is 12.0. The van der Waals surface area contributed by atoms with Gasteiger partial charge in [-0.2, -0.15) is 0 Å². The summed E-state index contributed by atoms with van der Waals surface area (Å²) in [4.78, 5) is 12.6. The molecule has 0 spiro atoms. The van der Waals surface area contributed by atoms with Crippen LogP contribution >= 0.6 is 11.3 Å². The van der Waals surface area contributed by atoms with Crippen LogP contribution in [0.3, 0.4) is 0 Å². The van der Waals surface area contributed by atoms with E-state index in [0.717, 1.165) is 6.42 Å². The molecule has 3 N–H and O–H groups in total. The molecule has 0 bridgehead atoms. The third-order valence-corrected chi connectivity index (χ3v) is 4.00. The number of nitrogen functional groups attached to an aromatic ring is 1. The van der Waals surface area contributed by atoms with Crippen LogP contribution in [0.4, 0.5) is 5.69 Å². The molecule has 1 atom stereocenters. The second kappa shape index (κ2) is 5.89. The monoisotopic (exact) mass is 274 g/mol. The van der Waals surface area contributed by atoms with Gasteiger partial charge in [-0.3, -0.25) is 4.79 Å². The molecular formula is C15H18N2OS. The second-order valence-electron chi connectivity index (χ2n) is 4.71. The van der Waals surface area contributed by atoms with Gasteiger partial charge in [0.2, 0.25) is 0 Å². The number of nitrogens with two attached hydrogens (primary N) is 1. The van der Waals surface area contributed by atoms with Crippen molar-refractivity contribution in [1.82, 2.24) is 5.32 Å². The van der Waals surface area contributed by atoms with E-state index in [0.29, 0.717) is 10.6 Å². The number of amides is 1. The Labute approximate surface area is 117 Å². The van der Waals surface area contributed by atoms with E-state index in [-0.39, 0.29) is 11.9 Å². The normalized spacial score (nSPS) is 12.1. The van der Waals surface area contributed by atoms with Crippen LogP contribution in [0.1, 0.15) is 27.7 Å². The van der Waals surface area contributed by atoms with Crippen molar-refractivity contribution in [2.45, 2.75) is 26.3 Å². The molecule has 0 fully saturated rings. The molecule has 0 radical (unpaired) electrons. The van der Waals surface area contributed by atoms with Crippen LogP contribution in [0, 0.1) is 6.92 Å². The first-order valence-electron chi connectivity index (χ1n) is 6.26. The summed E-state index contributed by atoms with van der Waals surface area (Å²) in [7, 11) is 0. The van der Waals surface area contributed by atoms with Crippen molar-refractivity contribution in [3.63, 3.8) is 0 Å². The minimum absolute atomic E-state index is 0.0788. The molecule has 100 valence electrons. The van der Waals surface area contributed by atoms with Crippen LogP contribution in [0.5, 0.6) is 0 Å². The lowest BCUT2D eigenvalue weighted by molar-refractivity contribution is 0.0945. The molecule has 1 unspecified atom stereocenters. The maximum atomic E-state index is 12.0. The van der Waals surface area contributed by atoms with Crippen molar-refractivity contribution in [1.29, 1.82) is 0 Å². The average molecular weight is 274 g/mol. The molecule has 0 saturated heterocycles. The molecule has 2 aromatic rings. The van der Waals surface area contributed by atoms with Gasteiger partial charge in [0.25, 0.3) is 5.91 Å². The first-order valence-corrected chi connectivity index (χ1v) is 7.14. The number of carbonyl (C=O) groups is 1. The van der Waals surface area contributed by atoms with Crippen molar-refractivity contribution >= 4 is 22.9 Å². The Kier molecular flexibility index (Phi) is 4.22. The number of carbonyl (C=O) groups excluding carboxylic acids is 1. The Morgan fingerprint density at radius 1 is 1.37 bits per heavy atom. The topological polar surface area (TPSA) is 55.1 Å². The molecule has 1 amide bonds. The summed E-state index contributed by atoms with van der Waals surface area (Å²) in [6, 6.07) is 10.1. The van der Waals surface area contributed by atoms with Crippen LogP contribution in [-0.4, -0.2) is 11.9 Å². The van der Waals surface area contributed by atoms with E-state index in [2.05, 4.69) is 24.4 Å². The summed E-state index contributed by atoms with van der Waals surface area (Å²) in [5, 5.41) is 4.82. The molecule has 2 rings (SSSR count). The first-order chi connectivity index (χ1) is 9.08. The average Bonchev–Trinajstić information content (AvgIpc) is 2.78. The molecule has 0 aliphatic carbocycles. The summed E-state index contributed by atoms with van der Waals surface area (Å²) in [5.74, 6) is -0.0893. The largest absolute Gasteiger partial charge is 0.397 e. The Bertz CT molecular complexity index is 577. The number of hydrogen-bond acceptors (Lipinski definition) is 3. The highest BCUT2D eigenvalue weighted by atomic mass is 32.1. The van der Waals surface area contributed by atoms with Crippen LogP contribution in [0.25, 0.3) is 0 Å². The van der Waals surface area contributed by atoms with Gasteiger partial charge in [-0.05, 0) is 42.8 Å². The third kappa shape index (κ3) is 3.35. The van der Waals surface area contributed by atoms with Gasteiger partial charge in [-0.15, -0.1) is 11.3 Å². The van der Waals surface area contributed by atoms with E-state index >= 15 is 0 Å². The fraction of sp³-hybridized carbons (Fsp3) is 0.267. The molecular weight excluding hydrogens is 256 g/mol. The van der Waals surface area contributed by atoms with E-state index in [1.165, 1.54) is 22.5 Å². The smallest absolute Gasteiger partial charge is 0.263 e. The zero-order valence-electron chi connectivity index (χ0n) is 11.1. The highest BCUT2D eigenvalue weighted by molar-refractivity contribution is 7.12. The molecule has 3 nitrogen and oxygen atoms in total. The van der Waals surface area contributed by atoms with Crippen LogP contribution in [0.2, 0.25) is 0 Å². The van der Waals surface area contributed by atoms with Crippen molar-refractivity contribution in [3.05, 3.63) is 51.7 Å². The molecule has 0 saturated carbocycles. The number of thiophene rings is 1. The lowest BCUT2D eigenvalue weighted by Gasteiger charge is -2.15. The fourth-order valence-corrected chi connectivity index (χ4v) is 2.73. The zero-order chi connectivity index (χ0) is 13.8. The van der Waals surface area contributed by atoms with E-state index in [4.69, 9.17) is 5.73 Å². The van der Waals surface area contributed by atoms with Crippen LogP contribution in [-0.2, 0) is 6.42 Å². The van der Waals surface area contributed by atoms with E-state index in [9.17, 15) is 4.79 Å². The number of anilines is 1. The van der Waals surface area contributed by atoms with E-state index in [1.807, 2.05) is 24.4 Å². The molecule has 1 heterocycles. The van der Waals surface area contributed by atoms with Gasteiger partial charge in [0, 0.05) is 6.04 Å². The Balaban J connectivity index is 1.99. The van der Waals surface area contributed by atoms with Gasteiger partial charge < -0.3 is 11.1 Å². The molecule has 1 aromatic heterocycles. The number of rotatable bonds is 4. The van der Waals surface area contributed by atoms with E-state index in [1.54, 1.807) is 6.07 Å². The maximum absolute atomic E-state index is 12.0. The molecule has 0 aliphatic rings. The summed E-state index contributed by atoms with van der Waals surface area (Å²) >= 11 is 1.37. The van der Waals surface area contributed by atoms with Crippen molar-refractivity contribution in [2.75, 3.05) is 5.73 Å². The lowest BCUT2D eigenvalue weighted by Crippen LogP contribution is -2.34. The summed E-state index contributed by atoms with van der Waals surface area (Å²) in [6.07, 6.45) is 0.823. The number of aryl methyl sites for hydroxylation is 1. The first kappa shape index (κ1) is 13.6.